The third-order valence-corrected chi connectivity index (χ3v) is 6.39. The van der Waals surface area contributed by atoms with Gasteiger partial charge in [-0.1, -0.05) is 24.3 Å². The monoisotopic (exact) mass is 499 g/mol. The summed E-state index contributed by atoms with van der Waals surface area (Å²) >= 11 is 0. The molecule has 3 aliphatic heterocycles. The van der Waals surface area contributed by atoms with Gasteiger partial charge in [0.15, 0.2) is 0 Å². The summed E-state index contributed by atoms with van der Waals surface area (Å²) in [6, 6.07) is 7.98. The van der Waals surface area contributed by atoms with Gasteiger partial charge in [-0.25, -0.2) is 0 Å². The molecule has 1 atom stereocenters. The number of rotatable bonds is 4. The number of para-hydroxylation sites is 1. The van der Waals surface area contributed by atoms with Crippen LogP contribution in [0.25, 0.3) is 6.08 Å². The Kier molecular flexibility index (Phi) is 5.77. The molecule has 3 aliphatic rings. The maximum atomic E-state index is 13.2. The molecule has 3 heterocycles. The van der Waals surface area contributed by atoms with E-state index in [9.17, 15) is 32.3 Å². The van der Waals surface area contributed by atoms with Crippen molar-refractivity contribution in [1.82, 2.24) is 15.5 Å². The zero-order valence-electron chi connectivity index (χ0n) is 18.8. The number of nitrogens with one attached hydrogen (secondary N) is 2. The average molecular weight is 499 g/mol. The fourth-order valence-corrected chi connectivity index (χ4v) is 4.60. The largest absolute Gasteiger partial charge is 0.487 e. The lowest BCUT2D eigenvalue weighted by atomic mass is 10.0. The van der Waals surface area contributed by atoms with Crippen LogP contribution in [0.15, 0.2) is 42.0 Å². The lowest BCUT2D eigenvalue weighted by molar-refractivity contribution is -0.139. The number of piperidine rings is 1. The molecule has 0 radical (unpaired) electrons. The third kappa shape index (κ3) is 4.32. The van der Waals surface area contributed by atoms with Crippen LogP contribution in [0, 0.1) is 0 Å². The number of nitrogens with zero attached hydrogens (tertiary/aromatic N) is 1. The minimum Gasteiger partial charge on any atom is -0.487 e. The second kappa shape index (κ2) is 8.81. The topological polar surface area (TPSA) is 105 Å². The van der Waals surface area contributed by atoms with Gasteiger partial charge < -0.3 is 15.0 Å². The molecule has 0 aliphatic carbocycles. The number of alkyl halides is 3. The molecular weight excluding hydrogens is 479 g/mol. The van der Waals surface area contributed by atoms with Crippen LogP contribution in [0.2, 0.25) is 0 Å². The first-order valence-electron chi connectivity index (χ1n) is 11.2. The van der Waals surface area contributed by atoms with Crippen LogP contribution in [-0.2, 0) is 33.6 Å². The fraction of sp³-hybridized carbons (Fsp3) is 0.280. The summed E-state index contributed by atoms with van der Waals surface area (Å²) in [4.78, 5) is 50.5. The Morgan fingerprint density at radius 3 is 2.72 bits per heavy atom. The van der Waals surface area contributed by atoms with Gasteiger partial charge in [0.1, 0.15) is 18.4 Å². The van der Waals surface area contributed by atoms with Gasteiger partial charge in [-0.2, -0.15) is 13.2 Å². The molecule has 8 nitrogen and oxygen atoms in total. The summed E-state index contributed by atoms with van der Waals surface area (Å²) in [5.41, 5.74) is 1.32. The summed E-state index contributed by atoms with van der Waals surface area (Å²) in [5.74, 6) is -1.94. The molecule has 1 saturated heterocycles. The number of hydrogen-bond donors (Lipinski definition) is 2. The average Bonchev–Trinajstić information content (AvgIpc) is 3.16. The fourth-order valence-electron chi connectivity index (χ4n) is 4.60. The molecule has 2 aromatic carbocycles. The number of hydrogen-bond acceptors (Lipinski definition) is 5. The van der Waals surface area contributed by atoms with E-state index in [-0.39, 0.29) is 61.2 Å². The van der Waals surface area contributed by atoms with Crippen molar-refractivity contribution in [2.75, 3.05) is 6.61 Å². The lowest BCUT2D eigenvalue weighted by Gasteiger charge is -2.29. The SMILES string of the molecule is O=C1CCC(N2Cc3cc(CNC(=O)C4=Cc5cccc(C(F)(F)F)c5OC4)ccc3C2=O)C(=O)N1. The van der Waals surface area contributed by atoms with Crippen molar-refractivity contribution in [2.24, 2.45) is 0 Å². The molecule has 0 bridgehead atoms. The van der Waals surface area contributed by atoms with Gasteiger partial charge in [-0.15, -0.1) is 0 Å². The van der Waals surface area contributed by atoms with E-state index in [1.165, 1.54) is 23.1 Å². The number of carbonyl (C=O) groups is 4. The Morgan fingerprint density at radius 2 is 1.97 bits per heavy atom. The highest BCUT2D eigenvalue weighted by atomic mass is 19.4. The number of fused-ring (bicyclic) bond motifs is 2. The van der Waals surface area contributed by atoms with Gasteiger partial charge in [0.2, 0.25) is 11.8 Å². The molecule has 0 aromatic heterocycles. The van der Waals surface area contributed by atoms with Gasteiger partial charge in [-0.05, 0) is 35.8 Å². The quantitative estimate of drug-likeness (QED) is 0.630. The van der Waals surface area contributed by atoms with E-state index in [0.29, 0.717) is 16.7 Å². The highest BCUT2D eigenvalue weighted by Gasteiger charge is 2.39. The first-order valence-corrected chi connectivity index (χ1v) is 11.2. The smallest absolute Gasteiger partial charge is 0.419 e. The van der Waals surface area contributed by atoms with Crippen molar-refractivity contribution >= 4 is 29.7 Å². The summed E-state index contributed by atoms with van der Waals surface area (Å²) < 4.78 is 44.8. The van der Waals surface area contributed by atoms with Crippen molar-refractivity contribution in [3.63, 3.8) is 0 Å². The highest BCUT2D eigenvalue weighted by Crippen LogP contribution is 2.40. The van der Waals surface area contributed by atoms with Crippen LogP contribution in [0.5, 0.6) is 5.75 Å². The number of amides is 4. The zero-order valence-corrected chi connectivity index (χ0v) is 18.8. The van der Waals surface area contributed by atoms with E-state index in [1.54, 1.807) is 18.2 Å². The van der Waals surface area contributed by atoms with E-state index < -0.39 is 29.6 Å². The Hall–Kier alpha value is -4.15. The normalized spacial score (nSPS) is 19.2. The van der Waals surface area contributed by atoms with E-state index in [0.717, 1.165) is 6.07 Å². The van der Waals surface area contributed by atoms with Crippen LogP contribution in [0.4, 0.5) is 13.2 Å². The lowest BCUT2D eigenvalue weighted by Crippen LogP contribution is -2.52. The summed E-state index contributed by atoms with van der Waals surface area (Å²) in [6.07, 6.45) is -2.77. The second-order valence-corrected chi connectivity index (χ2v) is 8.75. The van der Waals surface area contributed by atoms with Gasteiger partial charge in [0.25, 0.3) is 11.8 Å². The zero-order chi connectivity index (χ0) is 25.6. The van der Waals surface area contributed by atoms with Crippen molar-refractivity contribution in [2.45, 2.75) is 38.1 Å². The summed E-state index contributed by atoms with van der Waals surface area (Å²) in [5, 5.41) is 4.98. The maximum absolute atomic E-state index is 13.2. The molecule has 0 saturated carbocycles. The van der Waals surface area contributed by atoms with Crippen molar-refractivity contribution in [3.05, 3.63) is 69.8 Å². The molecule has 1 unspecified atom stereocenters. The van der Waals surface area contributed by atoms with Crippen LogP contribution < -0.4 is 15.4 Å². The van der Waals surface area contributed by atoms with Crippen LogP contribution in [0.1, 0.15) is 45.5 Å². The van der Waals surface area contributed by atoms with Gasteiger partial charge in [0.05, 0.1) is 11.1 Å². The molecule has 1 fully saturated rings. The number of ether oxygens (including phenoxy) is 1. The van der Waals surface area contributed by atoms with Gasteiger partial charge in [-0.3, -0.25) is 24.5 Å². The van der Waals surface area contributed by atoms with E-state index in [1.807, 2.05) is 0 Å². The predicted molar refractivity (Wildman–Crippen MR) is 119 cm³/mol. The molecule has 5 rings (SSSR count). The van der Waals surface area contributed by atoms with Crippen molar-refractivity contribution in [1.29, 1.82) is 0 Å². The van der Waals surface area contributed by atoms with E-state index >= 15 is 0 Å². The maximum Gasteiger partial charge on any atom is 0.419 e. The van der Waals surface area contributed by atoms with Crippen molar-refractivity contribution < 1.29 is 37.1 Å². The number of imide groups is 1. The second-order valence-electron chi connectivity index (χ2n) is 8.75. The molecule has 36 heavy (non-hydrogen) atoms. The molecule has 2 aromatic rings. The predicted octanol–water partition coefficient (Wildman–Crippen LogP) is 2.56. The summed E-state index contributed by atoms with van der Waals surface area (Å²) in [7, 11) is 0. The van der Waals surface area contributed by atoms with Crippen LogP contribution in [0.3, 0.4) is 0 Å². The molecule has 186 valence electrons. The number of carbonyl (C=O) groups excluding carboxylic acids is 4. The highest BCUT2D eigenvalue weighted by molar-refractivity contribution is 6.05. The van der Waals surface area contributed by atoms with Gasteiger partial charge in [0, 0.05) is 30.6 Å². The third-order valence-electron chi connectivity index (χ3n) is 6.39. The first-order chi connectivity index (χ1) is 17.1. The molecule has 4 amide bonds. The molecular formula is C25H20F3N3O5. The van der Waals surface area contributed by atoms with Crippen LogP contribution in [-0.4, -0.2) is 41.2 Å². The van der Waals surface area contributed by atoms with E-state index in [2.05, 4.69) is 10.6 Å². The minimum absolute atomic E-state index is 0.117. The van der Waals surface area contributed by atoms with Crippen LogP contribution >= 0.6 is 0 Å². The Morgan fingerprint density at radius 1 is 1.17 bits per heavy atom. The number of benzene rings is 2. The molecule has 0 spiro atoms. The Bertz CT molecular complexity index is 1330. The summed E-state index contributed by atoms with van der Waals surface area (Å²) in [6.45, 7) is 0.0244. The number of halogens is 3. The Balaban J connectivity index is 1.26. The standard InChI is InChI=1S/C25H20F3N3O5/c26-25(27,28)18-3-1-2-14-9-16(12-36-21(14)18)22(33)29-10-13-4-5-17-15(8-13)11-31(24(17)35)19-6-7-20(32)30-23(19)34/h1-5,8-9,19H,6-7,10-12H2,(H,29,33)(H,30,32,34). The molecule has 2 N–H and O–H groups in total. The van der Waals surface area contributed by atoms with Gasteiger partial charge >= 0.3 is 6.18 Å². The minimum atomic E-state index is -4.57. The Labute approximate surface area is 203 Å². The molecule has 11 heteroatoms. The van der Waals surface area contributed by atoms with Crippen molar-refractivity contribution in [3.8, 4) is 5.75 Å². The first kappa shape index (κ1) is 23.6. The van der Waals surface area contributed by atoms with E-state index in [4.69, 9.17) is 4.74 Å².